The van der Waals surface area contributed by atoms with E-state index < -0.39 is 0 Å². The Hall–Kier alpha value is -1.10. The standard InChI is InChI=1S/C9H15N3OS/c1-4-10-8(13)11-9-12(5-2)7(3)6-14-9/h6H,4-5H2,1-3H3,(H,10,13)/b11-9-. The maximum absolute atomic E-state index is 11.2. The number of nitrogens with one attached hydrogen (secondary N) is 1. The summed E-state index contributed by atoms with van der Waals surface area (Å²) in [6.07, 6.45) is 0. The van der Waals surface area contributed by atoms with E-state index in [-0.39, 0.29) is 6.03 Å². The fourth-order valence-corrected chi connectivity index (χ4v) is 2.10. The summed E-state index contributed by atoms with van der Waals surface area (Å²) in [6, 6.07) is -0.267. The van der Waals surface area contributed by atoms with Crippen molar-refractivity contribution >= 4 is 17.4 Å². The molecule has 78 valence electrons. The molecule has 0 fully saturated rings. The van der Waals surface area contributed by atoms with Crippen molar-refractivity contribution in [1.82, 2.24) is 9.88 Å². The predicted molar refractivity (Wildman–Crippen MR) is 57.4 cm³/mol. The lowest BCUT2D eigenvalue weighted by molar-refractivity contribution is 0.249. The summed E-state index contributed by atoms with van der Waals surface area (Å²) in [5, 5.41) is 4.64. The SMILES string of the molecule is CCNC(=O)/N=c1\scc(C)n1CC. The second-order valence-electron chi connectivity index (χ2n) is 2.85. The molecule has 1 rings (SSSR count). The quantitative estimate of drug-likeness (QED) is 0.795. The van der Waals surface area contributed by atoms with Crippen LogP contribution < -0.4 is 10.1 Å². The van der Waals surface area contributed by atoms with Crippen molar-refractivity contribution in [3.63, 3.8) is 0 Å². The molecule has 0 saturated carbocycles. The molecule has 5 heteroatoms. The zero-order chi connectivity index (χ0) is 10.6. The van der Waals surface area contributed by atoms with Crippen LogP contribution in [0.2, 0.25) is 0 Å². The van der Waals surface area contributed by atoms with Crippen molar-refractivity contribution in [2.75, 3.05) is 6.54 Å². The number of urea groups is 1. The Labute approximate surface area is 87.3 Å². The minimum atomic E-state index is -0.267. The summed E-state index contributed by atoms with van der Waals surface area (Å²) in [7, 11) is 0. The maximum atomic E-state index is 11.2. The summed E-state index contributed by atoms with van der Waals surface area (Å²) in [6.45, 7) is 7.38. The molecule has 0 saturated heterocycles. The average molecular weight is 213 g/mol. The van der Waals surface area contributed by atoms with Gasteiger partial charge in [0.25, 0.3) is 0 Å². The van der Waals surface area contributed by atoms with E-state index in [1.165, 1.54) is 11.3 Å². The number of hydrogen-bond acceptors (Lipinski definition) is 2. The molecule has 0 aliphatic carbocycles. The molecule has 1 aromatic heterocycles. The molecular formula is C9H15N3OS. The van der Waals surface area contributed by atoms with Gasteiger partial charge in [0.2, 0.25) is 0 Å². The van der Waals surface area contributed by atoms with E-state index in [4.69, 9.17) is 0 Å². The zero-order valence-electron chi connectivity index (χ0n) is 8.70. The van der Waals surface area contributed by atoms with Crippen molar-refractivity contribution in [1.29, 1.82) is 0 Å². The third-order valence-electron chi connectivity index (χ3n) is 1.83. The number of aryl methyl sites for hydroxylation is 1. The third-order valence-corrected chi connectivity index (χ3v) is 2.81. The van der Waals surface area contributed by atoms with Crippen molar-refractivity contribution in [3.05, 3.63) is 15.9 Å². The van der Waals surface area contributed by atoms with Crippen LogP contribution in [-0.4, -0.2) is 17.1 Å². The van der Waals surface area contributed by atoms with E-state index in [9.17, 15) is 4.79 Å². The molecule has 0 radical (unpaired) electrons. The zero-order valence-corrected chi connectivity index (χ0v) is 9.52. The van der Waals surface area contributed by atoms with Gasteiger partial charge in [-0.1, -0.05) is 0 Å². The van der Waals surface area contributed by atoms with Crippen LogP contribution in [0.3, 0.4) is 0 Å². The molecule has 0 aliphatic heterocycles. The Morgan fingerprint density at radius 1 is 1.64 bits per heavy atom. The molecule has 1 N–H and O–H groups in total. The number of carbonyl (C=O) groups is 1. The molecule has 1 heterocycles. The second-order valence-corrected chi connectivity index (χ2v) is 3.69. The van der Waals surface area contributed by atoms with Crippen LogP contribution >= 0.6 is 11.3 Å². The first-order valence-electron chi connectivity index (χ1n) is 4.66. The van der Waals surface area contributed by atoms with Gasteiger partial charge in [-0.3, -0.25) is 0 Å². The lowest BCUT2D eigenvalue weighted by Crippen LogP contribution is -2.24. The molecule has 0 unspecified atom stereocenters. The number of thiazole rings is 1. The highest BCUT2D eigenvalue weighted by Crippen LogP contribution is 1.98. The number of rotatable bonds is 2. The summed E-state index contributed by atoms with van der Waals surface area (Å²) < 4.78 is 2.01. The highest BCUT2D eigenvalue weighted by Gasteiger charge is 2.00. The molecule has 0 aromatic carbocycles. The van der Waals surface area contributed by atoms with Gasteiger partial charge in [0.15, 0.2) is 4.80 Å². The topological polar surface area (TPSA) is 46.4 Å². The first-order valence-corrected chi connectivity index (χ1v) is 5.54. The largest absolute Gasteiger partial charge is 0.343 e. The number of amides is 2. The molecule has 0 spiro atoms. The summed E-state index contributed by atoms with van der Waals surface area (Å²) in [5.41, 5.74) is 1.14. The van der Waals surface area contributed by atoms with Crippen LogP contribution in [0.15, 0.2) is 10.4 Å². The van der Waals surface area contributed by atoms with Gasteiger partial charge in [0.05, 0.1) is 0 Å². The molecule has 14 heavy (non-hydrogen) atoms. The fraction of sp³-hybridized carbons (Fsp3) is 0.556. The van der Waals surface area contributed by atoms with Crippen molar-refractivity contribution in [2.24, 2.45) is 4.99 Å². The van der Waals surface area contributed by atoms with Crippen LogP contribution in [0.4, 0.5) is 4.79 Å². The number of carbonyl (C=O) groups excluding carboxylic acids is 1. The van der Waals surface area contributed by atoms with E-state index in [1.807, 2.05) is 30.7 Å². The Kier molecular flexibility index (Phi) is 3.88. The minimum Gasteiger partial charge on any atom is -0.336 e. The Morgan fingerprint density at radius 3 is 2.93 bits per heavy atom. The van der Waals surface area contributed by atoms with Gasteiger partial charge in [-0.05, 0) is 20.8 Å². The van der Waals surface area contributed by atoms with Gasteiger partial charge in [0.1, 0.15) is 0 Å². The van der Waals surface area contributed by atoms with Crippen molar-refractivity contribution in [3.8, 4) is 0 Å². The summed E-state index contributed by atoms with van der Waals surface area (Å²) >= 11 is 1.49. The number of nitrogens with zero attached hydrogens (tertiary/aromatic N) is 2. The normalized spacial score (nSPS) is 11.8. The molecular weight excluding hydrogens is 198 g/mol. The predicted octanol–water partition coefficient (Wildman–Crippen LogP) is 1.51. The highest BCUT2D eigenvalue weighted by molar-refractivity contribution is 7.07. The molecule has 0 aliphatic rings. The van der Waals surface area contributed by atoms with Crippen LogP contribution in [-0.2, 0) is 6.54 Å². The fourth-order valence-electron chi connectivity index (χ4n) is 1.17. The summed E-state index contributed by atoms with van der Waals surface area (Å²) in [4.78, 5) is 15.9. The van der Waals surface area contributed by atoms with E-state index >= 15 is 0 Å². The van der Waals surface area contributed by atoms with E-state index in [0.717, 1.165) is 17.0 Å². The Morgan fingerprint density at radius 2 is 2.36 bits per heavy atom. The maximum Gasteiger partial charge on any atom is 0.343 e. The molecule has 0 bridgehead atoms. The van der Waals surface area contributed by atoms with Gasteiger partial charge < -0.3 is 9.88 Å². The van der Waals surface area contributed by atoms with E-state index in [0.29, 0.717) is 6.54 Å². The first-order chi connectivity index (χ1) is 6.69. The number of hydrogen-bond donors (Lipinski definition) is 1. The monoisotopic (exact) mass is 213 g/mol. The second kappa shape index (κ2) is 4.95. The van der Waals surface area contributed by atoms with E-state index in [2.05, 4.69) is 10.3 Å². The van der Waals surface area contributed by atoms with Crippen LogP contribution in [0.25, 0.3) is 0 Å². The third kappa shape index (κ3) is 2.45. The molecule has 2 amide bonds. The molecule has 0 atom stereocenters. The molecule has 1 aromatic rings. The summed E-state index contributed by atoms with van der Waals surface area (Å²) in [5.74, 6) is 0. The van der Waals surface area contributed by atoms with Gasteiger partial charge >= 0.3 is 6.03 Å². The Balaban J connectivity index is 2.99. The number of aromatic nitrogens is 1. The van der Waals surface area contributed by atoms with Crippen molar-refractivity contribution < 1.29 is 4.79 Å². The lowest BCUT2D eigenvalue weighted by Gasteiger charge is -1.99. The van der Waals surface area contributed by atoms with Crippen molar-refractivity contribution in [2.45, 2.75) is 27.3 Å². The average Bonchev–Trinajstić information content (AvgIpc) is 2.47. The van der Waals surface area contributed by atoms with Gasteiger partial charge in [-0.2, -0.15) is 4.99 Å². The smallest absolute Gasteiger partial charge is 0.336 e. The van der Waals surface area contributed by atoms with E-state index in [1.54, 1.807) is 0 Å². The Bertz CT molecular complexity index is 378. The highest BCUT2D eigenvalue weighted by atomic mass is 32.1. The minimum absolute atomic E-state index is 0.267. The lowest BCUT2D eigenvalue weighted by atomic mass is 10.5. The molecule has 4 nitrogen and oxygen atoms in total. The van der Waals surface area contributed by atoms with Gasteiger partial charge in [-0.15, -0.1) is 11.3 Å². The van der Waals surface area contributed by atoms with Gasteiger partial charge in [0, 0.05) is 24.2 Å². The van der Waals surface area contributed by atoms with Crippen LogP contribution in [0.1, 0.15) is 19.5 Å². The first kappa shape index (κ1) is 11.0. The van der Waals surface area contributed by atoms with Gasteiger partial charge in [-0.25, -0.2) is 4.79 Å². The van der Waals surface area contributed by atoms with Crippen LogP contribution in [0.5, 0.6) is 0 Å². The van der Waals surface area contributed by atoms with Crippen LogP contribution in [0, 0.1) is 6.92 Å².